The van der Waals surface area contributed by atoms with Crippen molar-refractivity contribution >= 4 is 27.5 Å². The van der Waals surface area contributed by atoms with Crippen LogP contribution in [0.2, 0.25) is 0 Å². The van der Waals surface area contributed by atoms with Crippen LogP contribution in [0.1, 0.15) is 22.0 Å². The van der Waals surface area contributed by atoms with E-state index in [1.54, 1.807) is 19.7 Å². The fraction of sp³-hybridized carbons (Fsp3) is 0.300. The molecule has 142 valence electrons. The van der Waals surface area contributed by atoms with E-state index in [0.717, 1.165) is 15.8 Å². The molecule has 3 aromatic rings. The number of likely N-dealkylation sites (N-methyl/N-ethyl adjacent to an activating group) is 1. The van der Waals surface area contributed by atoms with Crippen molar-refractivity contribution in [3.8, 4) is 11.5 Å². The maximum Gasteiger partial charge on any atom is 0.251 e. The van der Waals surface area contributed by atoms with Crippen LogP contribution in [0.5, 0.6) is 11.5 Å². The zero-order valence-electron chi connectivity index (χ0n) is 15.9. The summed E-state index contributed by atoms with van der Waals surface area (Å²) < 4.78 is 11.7. The number of hydrogen-bond donors (Lipinski definition) is 2. The molecule has 0 saturated carbocycles. The minimum atomic E-state index is -0.0861. The first-order chi connectivity index (χ1) is 13.0. The number of hydrogen-bond acceptors (Lipinski definition) is 5. The molecule has 0 aliphatic heterocycles. The van der Waals surface area contributed by atoms with Crippen molar-refractivity contribution in [3.63, 3.8) is 0 Å². The van der Waals surface area contributed by atoms with Gasteiger partial charge in [-0.2, -0.15) is 0 Å². The molecule has 0 fully saturated rings. The van der Waals surface area contributed by atoms with Crippen molar-refractivity contribution < 1.29 is 19.2 Å². The molecule has 2 aromatic carbocycles. The zero-order chi connectivity index (χ0) is 19.4. The summed E-state index contributed by atoms with van der Waals surface area (Å²) in [6.07, 6.45) is 0. The highest BCUT2D eigenvalue weighted by Crippen LogP contribution is 2.29. The molecular formula is C20H24N3O3S+. The van der Waals surface area contributed by atoms with Gasteiger partial charge in [-0.3, -0.25) is 4.79 Å². The predicted molar refractivity (Wildman–Crippen MR) is 107 cm³/mol. The maximum absolute atomic E-state index is 12.6. The number of nitrogens with zero attached hydrogens (tertiary/aromatic N) is 1. The van der Waals surface area contributed by atoms with Crippen molar-refractivity contribution in [1.82, 2.24) is 10.3 Å². The molecule has 0 spiro atoms. The molecule has 0 bridgehead atoms. The molecule has 0 unspecified atom stereocenters. The number of fused-ring (bicyclic) bond motifs is 1. The van der Waals surface area contributed by atoms with Crippen LogP contribution in [0.25, 0.3) is 10.2 Å². The molecule has 6 nitrogen and oxygen atoms in total. The number of thiazole rings is 1. The number of amides is 1. The number of ether oxygens (including phenoxy) is 2. The van der Waals surface area contributed by atoms with Gasteiger partial charge < -0.3 is 19.7 Å². The number of aromatic nitrogens is 1. The van der Waals surface area contributed by atoms with Crippen LogP contribution >= 0.6 is 11.3 Å². The van der Waals surface area contributed by atoms with Gasteiger partial charge in [-0.25, -0.2) is 4.98 Å². The minimum absolute atomic E-state index is 0.0842. The Labute approximate surface area is 162 Å². The Kier molecular flexibility index (Phi) is 5.93. The Hall–Kier alpha value is -2.64. The van der Waals surface area contributed by atoms with Gasteiger partial charge in [-0.05, 0) is 36.4 Å². The van der Waals surface area contributed by atoms with Crippen molar-refractivity contribution in [2.45, 2.75) is 6.04 Å². The number of nitrogens with one attached hydrogen (secondary N) is 2. The summed E-state index contributed by atoms with van der Waals surface area (Å²) in [7, 11) is 7.37. The van der Waals surface area contributed by atoms with E-state index in [1.165, 1.54) is 16.2 Å². The van der Waals surface area contributed by atoms with Crippen LogP contribution in [0.4, 0.5) is 0 Å². The molecule has 0 aliphatic rings. The summed E-state index contributed by atoms with van der Waals surface area (Å²) in [4.78, 5) is 18.1. The lowest BCUT2D eigenvalue weighted by atomic mass is 10.0. The fourth-order valence-corrected chi connectivity index (χ4v) is 3.73. The third kappa shape index (κ3) is 4.20. The van der Waals surface area contributed by atoms with Gasteiger partial charge in [-0.1, -0.05) is 0 Å². The lowest BCUT2D eigenvalue weighted by molar-refractivity contribution is -0.890. The first-order valence-corrected chi connectivity index (χ1v) is 9.55. The number of methoxy groups -OCH3 is 2. The Morgan fingerprint density at radius 2 is 1.93 bits per heavy atom. The summed E-state index contributed by atoms with van der Waals surface area (Å²) in [5.41, 5.74) is 4.42. The molecule has 27 heavy (non-hydrogen) atoms. The lowest BCUT2D eigenvalue weighted by Gasteiger charge is -2.23. The smallest absolute Gasteiger partial charge is 0.251 e. The van der Waals surface area contributed by atoms with Gasteiger partial charge in [-0.15, -0.1) is 11.3 Å². The summed E-state index contributed by atoms with van der Waals surface area (Å²) in [5, 5.41) is 3.05. The second-order valence-corrected chi connectivity index (χ2v) is 7.38. The fourth-order valence-electron chi connectivity index (χ4n) is 3.02. The number of carbonyl (C=O) groups is 1. The van der Waals surface area contributed by atoms with Gasteiger partial charge in [0.05, 0.1) is 50.6 Å². The Bertz CT molecular complexity index is 939. The molecule has 3 rings (SSSR count). The highest BCUT2D eigenvalue weighted by Gasteiger charge is 2.21. The zero-order valence-corrected chi connectivity index (χ0v) is 16.7. The molecule has 0 aliphatic carbocycles. The SMILES string of the molecule is COc1ccc([C@H](CNC(=O)c2ccc3ncsc3c2)[NH+](C)C)cc1OC. The van der Waals surface area contributed by atoms with Crippen molar-refractivity contribution in [3.05, 3.63) is 53.0 Å². The van der Waals surface area contributed by atoms with Crippen LogP contribution < -0.4 is 19.7 Å². The van der Waals surface area contributed by atoms with Gasteiger partial charge >= 0.3 is 0 Å². The van der Waals surface area contributed by atoms with Crippen LogP contribution in [0, 0.1) is 0 Å². The predicted octanol–water partition coefficient (Wildman–Crippen LogP) is 1.93. The Balaban J connectivity index is 1.75. The molecule has 1 amide bonds. The lowest BCUT2D eigenvalue weighted by Crippen LogP contribution is -3.07. The molecule has 1 heterocycles. The monoisotopic (exact) mass is 386 g/mol. The van der Waals surface area contributed by atoms with Crippen LogP contribution in [-0.2, 0) is 0 Å². The highest BCUT2D eigenvalue weighted by molar-refractivity contribution is 7.16. The largest absolute Gasteiger partial charge is 0.493 e. The number of quaternary nitrogens is 1. The van der Waals surface area contributed by atoms with Gasteiger partial charge in [0.25, 0.3) is 5.91 Å². The topological polar surface area (TPSA) is 64.9 Å². The van der Waals surface area contributed by atoms with Gasteiger partial charge in [0.1, 0.15) is 6.04 Å². The van der Waals surface area contributed by atoms with E-state index in [-0.39, 0.29) is 11.9 Å². The van der Waals surface area contributed by atoms with E-state index < -0.39 is 0 Å². The molecule has 7 heteroatoms. The minimum Gasteiger partial charge on any atom is -0.493 e. The average molecular weight is 386 g/mol. The third-order valence-corrected chi connectivity index (χ3v) is 5.36. The van der Waals surface area contributed by atoms with Crippen molar-refractivity contribution in [2.24, 2.45) is 0 Å². The van der Waals surface area contributed by atoms with Crippen LogP contribution in [0.15, 0.2) is 41.9 Å². The van der Waals surface area contributed by atoms with Crippen LogP contribution in [0.3, 0.4) is 0 Å². The second kappa shape index (κ2) is 8.37. The van der Waals surface area contributed by atoms with E-state index in [2.05, 4.69) is 24.4 Å². The van der Waals surface area contributed by atoms with E-state index in [9.17, 15) is 4.79 Å². The second-order valence-electron chi connectivity index (χ2n) is 6.49. The average Bonchev–Trinajstić information content (AvgIpc) is 3.15. The first kappa shape index (κ1) is 19.1. The van der Waals surface area contributed by atoms with Crippen molar-refractivity contribution in [2.75, 3.05) is 34.9 Å². The van der Waals surface area contributed by atoms with Gasteiger partial charge in [0.15, 0.2) is 11.5 Å². The van der Waals surface area contributed by atoms with Gasteiger partial charge in [0.2, 0.25) is 0 Å². The third-order valence-electron chi connectivity index (χ3n) is 4.57. The molecule has 1 atom stereocenters. The van der Waals surface area contributed by atoms with E-state index in [4.69, 9.17) is 9.47 Å². The van der Waals surface area contributed by atoms with Crippen molar-refractivity contribution in [1.29, 1.82) is 0 Å². The number of carbonyl (C=O) groups excluding carboxylic acids is 1. The molecular weight excluding hydrogens is 362 g/mol. The summed E-state index contributed by atoms with van der Waals surface area (Å²) >= 11 is 1.53. The molecule has 1 aromatic heterocycles. The van der Waals surface area contributed by atoms with E-state index >= 15 is 0 Å². The summed E-state index contributed by atoms with van der Waals surface area (Å²) in [6, 6.07) is 11.5. The Morgan fingerprint density at radius 3 is 2.63 bits per heavy atom. The van der Waals surface area contributed by atoms with Gasteiger partial charge in [0, 0.05) is 11.1 Å². The Morgan fingerprint density at radius 1 is 1.15 bits per heavy atom. The highest BCUT2D eigenvalue weighted by atomic mass is 32.1. The molecule has 2 N–H and O–H groups in total. The first-order valence-electron chi connectivity index (χ1n) is 8.67. The standard InChI is InChI=1S/C20H23N3O3S/c1-23(2)16(13-6-8-17(25-3)18(9-13)26-4)11-21-20(24)14-5-7-15-19(10-14)27-12-22-15/h5-10,12,16H,11H2,1-4H3,(H,21,24)/p+1/t16-/m0/s1. The molecule has 0 saturated heterocycles. The normalized spacial score (nSPS) is 12.2. The maximum atomic E-state index is 12.6. The van der Waals surface area contributed by atoms with E-state index in [1.807, 2.05) is 36.4 Å². The van der Waals surface area contributed by atoms with Crippen LogP contribution in [-0.4, -0.2) is 45.8 Å². The summed E-state index contributed by atoms with van der Waals surface area (Å²) in [6.45, 7) is 0.511. The quantitative estimate of drug-likeness (QED) is 0.651. The molecule has 0 radical (unpaired) electrons. The number of benzene rings is 2. The number of rotatable bonds is 7. The summed E-state index contributed by atoms with van der Waals surface area (Å²) in [5.74, 6) is 1.29. The van der Waals surface area contributed by atoms with E-state index in [0.29, 0.717) is 23.6 Å².